The molecule has 1 aliphatic rings. The monoisotopic (exact) mass is 521 g/mol. The SMILES string of the molecule is c1ccc(-n2c3c(c4ccccc42)-c2ccccc2B(c2cccc4c2oc2ccccc24)c2ccccc2-3)cc1. The molecule has 0 N–H and O–H groups in total. The lowest BCUT2D eigenvalue weighted by Gasteiger charge is -2.19. The largest absolute Gasteiger partial charge is 0.457 e. The minimum Gasteiger partial charge on any atom is -0.457 e. The van der Waals surface area contributed by atoms with Gasteiger partial charge in [0.2, 0.25) is 6.71 Å². The third-order valence-electron chi connectivity index (χ3n) is 8.70. The number of rotatable bonds is 2. The first-order valence-corrected chi connectivity index (χ1v) is 14.2. The van der Waals surface area contributed by atoms with Crippen LogP contribution in [0.2, 0.25) is 0 Å². The Morgan fingerprint density at radius 2 is 1.07 bits per heavy atom. The molecule has 0 saturated heterocycles. The van der Waals surface area contributed by atoms with E-state index in [1.165, 1.54) is 49.7 Å². The molecule has 0 aliphatic carbocycles. The number of furan rings is 1. The van der Waals surface area contributed by atoms with Gasteiger partial charge >= 0.3 is 0 Å². The van der Waals surface area contributed by atoms with Crippen molar-refractivity contribution in [3.05, 3.63) is 146 Å². The quantitative estimate of drug-likeness (QED) is 0.213. The van der Waals surface area contributed by atoms with E-state index in [1.807, 2.05) is 6.07 Å². The smallest absolute Gasteiger partial charge is 0.247 e. The van der Waals surface area contributed by atoms with Crippen molar-refractivity contribution in [2.24, 2.45) is 0 Å². The molecule has 0 unspecified atom stereocenters. The molecular formula is C38H24BNO. The molecule has 3 heteroatoms. The Morgan fingerprint density at radius 3 is 1.93 bits per heavy atom. The van der Waals surface area contributed by atoms with Crippen molar-refractivity contribution in [3.8, 4) is 28.1 Å². The van der Waals surface area contributed by atoms with Crippen LogP contribution in [0.4, 0.5) is 0 Å². The van der Waals surface area contributed by atoms with Crippen LogP contribution < -0.4 is 16.4 Å². The Bertz CT molecular complexity index is 2270. The van der Waals surface area contributed by atoms with Crippen molar-refractivity contribution in [2.75, 3.05) is 0 Å². The van der Waals surface area contributed by atoms with Crippen LogP contribution in [0.3, 0.4) is 0 Å². The fourth-order valence-electron chi connectivity index (χ4n) is 7.05. The minimum atomic E-state index is 0.00190. The lowest BCUT2D eigenvalue weighted by molar-refractivity contribution is 0.671. The Morgan fingerprint density at radius 1 is 0.463 bits per heavy atom. The standard InChI is InChI=1S/C38H24BNO/c1-2-13-25(14-3-1)40-34-23-10-6-18-30(34)36-28-16-4-8-20-31(28)39(32-21-9-5-17-29(32)37(36)40)33-22-12-19-27-26-15-7-11-24-35(26)41-38(27)33/h1-24H. The highest BCUT2D eigenvalue weighted by atomic mass is 16.3. The summed E-state index contributed by atoms with van der Waals surface area (Å²) in [6.45, 7) is 0.00190. The highest BCUT2D eigenvalue weighted by Gasteiger charge is 2.36. The lowest BCUT2D eigenvalue weighted by Crippen LogP contribution is -2.52. The maximum absolute atomic E-state index is 6.62. The second kappa shape index (κ2) is 8.61. The van der Waals surface area contributed by atoms with E-state index in [4.69, 9.17) is 4.42 Å². The summed E-state index contributed by atoms with van der Waals surface area (Å²) in [7, 11) is 0. The summed E-state index contributed by atoms with van der Waals surface area (Å²) in [6.07, 6.45) is 0. The summed E-state index contributed by atoms with van der Waals surface area (Å²) in [5, 5.41) is 3.58. The molecule has 0 fully saturated rings. The minimum absolute atomic E-state index is 0.00190. The molecule has 9 rings (SSSR count). The van der Waals surface area contributed by atoms with Crippen LogP contribution in [-0.4, -0.2) is 11.3 Å². The number of fused-ring (bicyclic) bond motifs is 10. The van der Waals surface area contributed by atoms with Gasteiger partial charge in [-0.05, 0) is 40.9 Å². The Balaban J connectivity index is 1.45. The van der Waals surface area contributed by atoms with Gasteiger partial charge in [-0.2, -0.15) is 0 Å². The third-order valence-corrected chi connectivity index (χ3v) is 8.70. The molecule has 2 aromatic heterocycles. The van der Waals surface area contributed by atoms with E-state index in [-0.39, 0.29) is 6.71 Å². The lowest BCUT2D eigenvalue weighted by atomic mass is 9.35. The highest BCUT2D eigenvalue weighted by molar-refractivity contribution is 6.98. The maximum atomic E-state index is 6.62. The molecule has 41 heavy (non-hydrogen) atoms. The summed E-state index contributed by atoms with van der Waals surface area (Å²) < 4.78 is 9.07. The topological polar surface area (TPSA) is 18.1 Å². The van der Waals surface area contributed by atoms with Gasteiger partial charge in [-0.15, -0.1) is 0 Å². The molecule has 0 radical (unpaired) electrons. The average Bonchev–Trinajstić information content (AvgIpc) is 3.55. The molecule has 0 spiro atoms. The predicted molar refractivity (Wildman–Crippen MR) is 173 cm³/mol. The van der Waals surface area contributed by atoms with Gasteiger partial charge < -0.3 is 8.98 Å². The molecule has 0 bridgehead atoms. The highest BCUT2D eigenvalue weighted by Crippen LogP contribution is 2.43. The van der Waals surface area contributed by atoms with Crippen molar-refractivity contribution < 1.29 is 4.42 Å². The van der Waals surface area contributed by atoms with Gasteiger partial charge in [0.25, 0.3) is 0 Å². The van der Waals surface area contributed by atoms with E-state index in [0.29, 0.717) is 0 Å². The zero-order valence-electron chi connectivity index (χ0n) is 22.3. The number of para-hydroxylation sites is 4. The van der Waals surface area contributed by atoms with Crippen LogP contribution in [0.25, 0.3) is 60.9 Å². The van der Waals surface area contributed by atoms with Gasteiger partial charge in [0.1, 0.15) is 11.2 Å². The van der Waals surface area contributed by atoms with Crippen LogP contribution in [0, 0.1) is 0 Å². The van der Waals surface area contributed by atoms with Gasteiger partial charge in [0.05, 0.1) is 11.2 Å². The molecule has 2 nitrogen and oxygen atoms in total. The van der Waals surface area contributed by atoms with E-state index in [9.17, 15) is 0 Å². The Kier molecular flexibility index (Phi) is 4.73. The zero-order valence-corrected chi connectivity index (χ0v) is 22.3. The second-order valence-electron chi connectivity index (χ2n) is 10.8. The number of hydrogen-bond donors (Lipinski definition) is 0. The van der Waals surface area contributed by atoms with Crippen molar-refractivity contribution in [1.29, 1.82) is 0 Å². The fourth-order valence-corrected chi connectivity index (χ4v) is 7.05. The zero-order chi connectivity index (χ0) is 26.9. The van der Waals surface area contributed by atoms with Crippen LogP contribution in [0.5, 0.6) is 0 Å². The first-order valence-electron chi connectivity index (χ1n) is 14.2. The van der Waals surface area contributed by atoms with E-state index in [2.05, 4.69) is 144 Å². The second-order valence-corrected chi connectivity index (χ2v) is 10.8. The first kappa shape index (κ1) is 22.5. The molecular weight excluding hydrogens is 497 g/mol. The van der Waals surface area contributed by atoms with E-state index in [0.717, 1.165) is 27.6 Å². The van der Waals surface area contributed by atoms with Gasteiger partial charge in [0.15, 0.2) is 0 Å². The van der Waals surface area contributed by atoms with Crippen LogP contribution in [0.1, 0.15) is 0 Å². The maximum Gasteiger partial charge on any atom is 0.247 e. The summed E-state index contributed by atoms with van der Waals surface area (Å²) >= 11 is 0. The van der Waals surface area contributed by atoms with E-state index < -0.39 is 0 Å². The number of benzene rings is 6. The normalized spacial score (nSPS) is 12.3. The van der Waals surface area contributed by atoms with E-state index >= 15 is 0 Å². The Hall–Kier alpha value is -5.28. The molecule has 190 valence electrons. The van der Waals surface area contributed by atoms with Gasteiger partial charge in [0, 0.05) is 27.4 Å². The number of hydrogen-bond acceptors (Lipinski definition) is 1. The first-order chi connectivity index (χ1) is 20.4. The third kappa shape index (κ3) is 3.15. The van der Waals surface area contributed by atoms with E-state index in [1.54, 1.807) is 0 Å². The number of nitrogens with zero attached hydrogens (tertiary/aromatic N) is 1. The van der Waals surface area contributed by atoms with Gasteiger partial charge in [-0.3, -0.25) is 0 Å². The fraction of sp³-hybridized carbons (Fsp3) is 0. The average molecular weight is 521 g/mol. The number of aromatic nitrogens is 1. The van der Waals surface area contributed by atoms with Crippen molar-refractivity contribution in [2.45, 2.75) is 0 Å². The summed E-state index contributed by atoms with van der Waals surface area (Å²) in [5.41, 5.74) is 13.1. The van der Waals surface area contributed by atoms with Crippen LogP contribution in [0.15, 0.2) is 150 Å². The molecule has 0 amide bonds. The van der Waals surface area contributed by atoms with Crippen molar-refractivity contribution >= 4 is 55.9 Å². The van der Waals surface area contributed by atoms with Crippen molar-refractivity contribution in [3.63, 3.8) is 0 Å². The summed E-state index contributed by atoms with van der Waals surface area (Å²) in [6, 6.07) is 52.4. The molecule has 3 heterocycles. The summed E-state index contributed by atoms with van der Waals surface area (Å²) in [4.78, 5) is 0. The molecule has 8 aromatic rings. The van der Waals surface area contributed by atoms with Crippen molar-refractivity contribution in [1.82, 2.24) is 4.57 Å². The van der Waals surface area contributed by atoms with Crippen LogP contribution in [-0.2, 0) is 0 Å². The van der Waals surface area contributed by atoms with Crippen LogP contribution >= 0.6 is 0 Å². The Labute approximate surface area is 238 Å². The van der Waals surface area contributed by atoms with Gasteiger partial charge in [-0.1, -0.05) is 132 Å². The van der Waals surface area contributed by atoms with Gasteiger partial charge in [-0.25, -0.2) is 0 Å². The summed E-state index contributed by atoms with van der Waals surface area (Å²) in [5.74, 6) is 0. The molecule has 0 saturated carbocycles. The molecule has 6 aromatic carbocycles. The molecule has 0 atom stereocenters. The molecule has 1 aliphatic heterocycles. The predicted octanol–water partition coefficient (Wildman–Crippen LogP) is 7.69.